The third kappa shape index (κ3) is 5.04. The van der Waals surface area contributed by atoms with E-state index in [-0.39, 0.29) is 11.7 Å². The second-order valence-electron chi connectivity index (χ2n) is 7.58. The van der Waals surface area contributed by atoms with Gasteiger partial charge in [0.05, 0.1) is 22.6 Å². The number of halogens is 3. The summed E-state index contributed by atoms with van der Waals surface area (Å²) in [5.74, 6) is -0.490. The maximum absolute atomic E-state index is 13.3. The van der Waals surface area contributed by atoms with Crippen molar-refractivity contribution in [3.63, 3.8) is 0 Å². The zero-order valence-electron chi connectivity index (χ0n) is 16.7. The first kappa shape index (κ1) is 20.9. The third-order valence-corrected chi connectivity index (χ3v) is 5.37. The lowest BCUT2D eigenvalue weighted by Crippen LogP contribution is -2.24. The van der Waals surface area contributed by atoms with Crippen molar-refractivity contribution >= 4 is 17.3 Å². The molecular weight excluding hydrogens is 407 g/mol. The number of aromatic nitrogens is 3. The molecule has 2 N–H and O–H groups in total. The number of hydrogen-bond donors (Lipinski definition) is 2. The summed E-state index contributed by atoms with van der Waals surface area (Å²) in [5, 5.41) is 9.98. The van der Waals surface area contributed by atoms with Gasteiger partial charge in [-0.15, -0.1) is 0 Å². The van der Waals surface area contributed by atoms with Gasteiger partial charge >= 0.3 is 6.18 Å². The predicted molar refractivity (Wildman–Crippen MR) is 111 cm³/mol. The molecular formula is C22H22F3N5O. The highest BCUT2D eigenvalue weighted by molar-refractivity contribution is 6.06. The molecule has 0 saturated heterocycles. The third-order valence-electron chi connectivity index (χ3n) is 5.37. The van der Waals surface area contributed by atoms with E-state index in [0.717, 1.165) is 37.8 Å². The molecule has 1 aliphatic rings. The normalized spacial score (nSPS) is 14.9. The van der Waals surface area contributed by atoms with E-state index in [1.165, 1.54) is 25.1 Å². The Hall–Kier alpha value is -3.36. The highest BCUT2D eigenvalue weighted by Gasteiger charge is 2.31. The van der Waals surface area contributed by atoms with Gasteiger partial charge in [0, 0.05) is 11.6 Å². The number of benzene rings is 2. The minimum atomic E-state index is -4.50. The summed E-state index contributed by atoms with van der Waals surface area (Å²) in [6.07, 6.45) is 3.67. The lowest BCUT2D eigenvalue weighted by molar-refractivity contribution is -0.137. The van der Waals surface area contributed by atoms with E-state index < -0.39 is 17.6 Å². The van der Waals surface area contributed by atoms with Crippen molar-refractivity contribution in [1.82, 2.24) is 14.8 Å². The first-order valence-corrected chi connectivity index (χ1v) is 10.1. The summed E-state index contributed by atoms with van der Waals surface area (Å²) in [5.41, 5.74) is 0.842. The van der Waals surface area contributed by atoms with Crippen LogP contribution in [-0.4, -0.2) is 26.7 Å². The summed E-state index contributed by atoms with van der Waals surface area (Å²) < 4.78 is 41.3. The van der Waals surface area contributed by atoms with Crippen LogP contribution in [0.4, 0.5) is 24.5 Å². The number of carbonyl (C=O) groups is 1. The molecule has 1 saturated carbocycles. The molecule has 2 aromatic carbocycles. The zero-order valence-corrected chi connectivity index (χ0v) is 16.7. The Kier molecular flexibility index (Phi) is 5.92. The number of nitrogens with zero attached hydrogens (tertiary/aromatic N) is 3. The van der Waals surface area contributed by atoms with E-state index in [4.69, 9.17) is 0 Å². The van der Waals surface area contributed by atoms with Crippen LogP contribution in [-0.2, 0) is 6.18 Å². The topological polar surface area (TPSA) is 71.8 Å². The van der Waals surface area contributed by atoms with E-state index >= 15 is 0 Å². The zero-order chi connectivity index (χ0) is 21.8. The van der Waals surface area contributed by atoms with Gasteiger partial charge in [-0.3, -0.25) is 4.79 Å². The molecule has 0 bridgehead atoms. The van der Waals surface area contributed by atoms with Crippen molar-refractivity contribution in [3.05, 3.63) is 66.2 Å². The summed E-state index contributed by atoms with van der Waals surface area (Å²) in [4.78, 5) is 16.6. The molecule has 1 aliphatic carbocycles. The van der Waals surface area contributed by atoms with Crippen molar-refractivity contribution < 1.29 is 18.0 Å². The molecule has 1 amide bonds. The van der Waals surface area contributed by atoms with Crippen LogP contribution < -0.4 is 10.6 Å². The Labute approximate surface area is 177 Å². The number of hydrogen-bond acceptors (Lipinski definition) is 4. The molecule has 4 rings (SSSR count). The van der Waals surface area contributed by atoms with Crippen LogP contribution in [0.5, 0.6) is 0 Å². The van der Waals surface area contributed by atoms with Gasteiger partial charge in [0.1, 0.15) is 12.7 Å². The minimum absolute atomic E-state index is 0.116. The molecule has 0 atom stereocenters. The van der Waals surface area contributed by atoms with E-state index in [1.54, 1.807) is 28.9 Å². The first-order chi connectivity index (χ1) is 14.9. The fraction of sp³-hybridized carbons (Fsp3) is 0.318. The van der Waals surface area contributed by atoms with Crippen molar-refractivity contribution in [3.8, 4) is 5.69 Å². The molecule has 3 aromatic rings. The Balaban J connectivity index is 1.56. The fourth-order valence-corrected chi connectivity index (χ4v) is 3.72. The molecule has 0 aliphatic heterocycles. The molecule has 162 valence electrons. The number of amides is 1. The highest BCUT2D eigenvalue weighted by Crippen LogP contribution is 2.35. The lowest BCUT2D eigenvalue weighted by atomic mass is 9.95. The Morgan fingerprint density at radius 2 is 1.74 bits per heavy atom. The van der Waals surface area contributed by atoms with Crippen LogP contribution in [0.15, 0.2) is 55.1 Å². The summed E-state index contributed by atoms with van der Waals surface area (Å²) >= 11 is 0. The van der Waals surface area contributed by atoms with Crippen molar-refractivity contribution in [2.24, 2.45) is 0 Å². The SMILES string of the molecule is O=C(Nc1cc(C(F)(F)F)ccc1NC1CCCCC1)c1ccc(-n2cncn2)cc1. The van der Waals surface area contributed by atoms with Gasteiger partial charge in [-0.05, 0) is 55.3 Å². The van der Waals surface area contributed by atoms with Crippen molar-refractivity contribution in [2.75, 3.05) is 10.6 Å². The maximum atomic E-state index is 13.3. The summed E-state index contributed by atoms with van der Waals surface area (Å²) in [6.45, 7) is 0. The van der Waals surface area contributed by atoms with Crippen molar-refractivity contribution in [2.45, 2.75) is 44.3 Å². The van der Waals surface area contributed by atoms with Crippen LogP contribution in [0.3, 0.4) is 0 Å². The number of anilines is 2. The monoisotopic (exact) mass is 429 g/mol. The molecule has 31 heavy (non-hydrogen) atoms. The Morgan fingerprint density at radius 3 is 2.39 bits per heavy atom. The number of carbonyl (C=O) groups excluding carboxylic acids is 1. The van der Waals surface area contributed by atoms with Crippen LogP contribution >= 0.6 is 0 Å². The molecule has 6 nitrogen and oxygen atoms in total. The quantitative estimate of drug-likeness (QED) is 0.579. The lowest BCUT2D eigenvalue weighted by Gasteiger charge is -2.25. The van der Waals surface area contributed by atoms with Crippen molar-refractivity contribution in [1.29, 1.82) is 0 Å². The number of nitrogens with one attached hydrogen (secondary N) is 2. The second kappa shape index (κ2) is 8.79. The molecule has 1 fully saturated rings. The number of alkyl halides is 3. The van der Waals surface area contributed by atoms with E-state index in [1.807, 2.05) is 0 Å². The predicted octanol–water partition coefficient (Wildman–Crippen LogP) is 5.28. The Morgan fingerprint density at radius 1 is 1.00 bits per heavy atom. The minimum Gasteiger partial charge on any atom is -0.381 e. The van der Waals surface area contributed by atoms with Gasteiger partial charge in [-0.2, -0.15) is 18.3 Å². The van der Waals surface area contributed by atoms with Gasteiger partial charge in [-0.1, -0.05) is 19.3 Å². The van der Waals surface area contributed by atoms with Crippen LogP contribution in [0, 0.1) is 0 Å². The van der Waals surface area contributed by atoms with Gasteiger partial charge in [0.15, 0.2) is 0 Å². The van der Waals surface area contributed by atoms with E-state index in [0.29, 0.717) is 16.9 Å². The van der Waals surface area contributed by atoms with Crippen LogP contribution in [0.1, 0.15) is 48.0 Å². The molecule has 9 heteroatoms. The average molecular weight is 429 g/mol. The standard InChI is InChI=1S/C22H22F3N5O/c23-22(24,25)16-8-11-19(28-17-4-2-1-3-5-17)20(12-16)29-21(31)15-6-9-18(10-7-15)30-14-26-13-27-30/h6-14,17,28H,1-5H2,(H,29,31). The smallest absolute Gasteiger partial charge is 0.381 e. The van der Waals surface area contributed by atoms with Crippen LogP contribution in [0.2, 0.25) is 0 Å². The van der Waals surface area contributed by atoms with E-state index in [2.05, 4.69) is 20.7 Å². The fourth-order valence-electron chi connectivity index (χ4n) is 3.72. The van der Waals surface area contributed by atoms with Gasteiger partial charge in [0.25, 0.3) is 5.91 Å². The average Bonchev–Trinajstić information content (AvgIpc) is 3.30. The van der Waals surface area contributed by atoms with Gasteiger partial charge in [0.2, 0.25) is 0 Å². The van der Waals surface area contributed by atoms with E-state index in [9.17, 15) is 18.0 Å². The van der Waals surface area contributed by atoms with Gasteiger partial charge in [-0.25, -0.2) is 9.67 Å². The molecule has 1 aromatic heterocycles. The van der Waals surface area contributed by atoms with Crippen LogP contribution in [0.25, 0.3) is 5.69 Å². The largest absolute Gasteiger partial charge is 0.416 e. The summed E-state index contributed by atoms with van der Waals surface area (Å²) in [7, 11) is 0. The van der Waals surface area contributed by atoms with Gasteiger partial charge < -0.3 is 10.6 Å². The maximum Gasteiger partial charge on any atom is 0.416 e. The number of rotatable bonds is 5. The second-order valence-corrected chi connectivity index (χ2v) is 7.58. The molecule has 0 unspecified atom stereocenters. The summed E-state index contributed by atoms with van der Waals surface area (Å²) in [6, 6.07) is 10.2. The molecule has 0 spiro atoms. The highest BCUT2D eigenvalue weighted by atomic mass is 19.4. The molecule has 0 radical (unpaired) electrons. The molecule has 1 heterocycles. The Bertz CT molecular complexity index is 1030. The first-order valence-electron chi connectivity index (χ1n) is 10.1.